The molecule has 0 atom stereocenters. The summed E-state index contributed by atoms with van der Waals surface area (Å²) in [6, 6.07) is 9.30. The molecule has 0 fully saturated rings. The van der Waals surface area contributed by atoms with Gasteiger partial charge < -0.3 is 4.74 Å². The van der Waals surface area contributed by atoms with Gasteiger partial charge in [0.2, 0.25) is 0 Å². The summed E-state index contributed by atoms with van der Waals surface area (Å²) < 4.78 is 5.24. The fraction of sp³-hybridized carbons (Fsp3) is 0.167. The van der Waals surface area contributed by atoms with Crippen LogP contribution in [0.4, 0.5) is 0 Å². The Bertz CT molecular complexity index is 561. The summed E-state index contributed by atoms with van der Waals surface area (Å²) in [7, 11) is 1.61. The highest BCUT2D eigenvalue weighted by atomic mass is 16.5. The SMILES string of the molecule is COc1ccccc1-c1cc(C)c(=O)[nH]n1. The Hall–Kier alpha value is -2.10. The van der Waals surface area contributed by atoms with E-state index in [0.29, 0.717) is 11.3 Å². The predicted octanol–water partition coefficient (Wildman–Crippen LogP) is 1.75. The summed E-state index contributed by atoms with van der Waals surface area (Å²) in [6.07, 6.45) is 0. The van der Waals surface area contributed by atoms with E-state index in [4.69, 9.17) is 4.74 Å². The van der Waals surface area contributed by atoms with Crippen molar-refractivity contribution >= 4 is 0 Å². The molecule has 0 aliphatic heterocycles. The van der Waals surface area contributed by atoms with Gasteiger partial charge in [-0.1, -0.05) is 12.1 Å². The third kappa shape index (κ3) is 1.82. The number of aromatic nitrogens is 2. The van der Waals surface area contributed by atoms with Crippen LogP contribution >= 0.6 is 0 Å². The van der Waals surface area contributed by atoms with E-state index < -0.39 is 0 Å². The van der Waals surface area contributed by atoms with Crippen LogP contribution in [0, 0.1) is 6.92 Å². The highest BCUT2D eigenvalue weighted by Gasteiger charge is 2.07. The number of para-hydroxylation sites is 1. The molecule has 16 heavy (non-hydrogen) atoms. The Morgan fingerprint density at radius 1 is 1.31 bits per heavy atom. The molecule has 1 aromatic heterocycles. The number of benzene rings is 1. The lowest BCUT2D eigenvalue weighted by Gasteiger charge is -2.07. The van der Waals surface area contributed by atoms with E-state index in [1.54, 1.807) is 20.1 Å². The van der Waals surface area contributed by atoms with E-state index in [9.17, 15) is 4.79 Å². The van der Waals surface area contributed by atoms with E-state index in [0.717, 1.165) is 11.3 Å². The van der Waals surface area contributed by atoms with Gasteiger partial charge in [0.1, 0.15) is 5.75 Å². The minimum absolute atomic E-state index is 0.168. The van der Waals surface area contributed by atoms with Crippen LogP contribution in [0.25, 0.3) is 11.3 Å². The van der Waals surface area contributed by atoms with Crippen LogP contribution in [-0.4, -0.2) is 17.3 Å². The Balaban J connectivity index is 2.58. The second-order valence-electron chi connectivity index (χ2n) is 3.47. The molecular weight excluding hydrogens is 204 g/mol. The van der Waals surface area contributed by atoms with Crippen molar-refractivity contribution in [2.24, 2.45) is 0 Å². The van der Waals surface area contributed by atoms with Crippen molar-refractivity contribution in [2.75, 3.05) is 7.11 Å². The molecule has 1 aromatic carbocycles. The topological polar surface area (TPSA) is 55.0 Å². The van der Waals surface area contributed by atoms with Crippen LogP contribution in [0.5, 0.6) is 5.75 Å². The second kappa shape index (κ2) is 4.18. The molecule has 0 aliphatic rings. The van der Waals surface area contributed by atoms with E-state index in [1.165, 1.54) is 0 Å². The molecule has 2 aromatic rings. The number of H-pyrrole nitrogens is 1. The van der Waals surface area contributed by atoms with Crippen LogP contribution in [0.2, 0.25) is 0 Å². The fourth-order valence-corrected chi connectivity index (χ4v) is 1.50. The molecular formula is C12H12N2O2. The summed E-state index contributed by atoms with van der Waals surface area (Å²) in [4.78, 5) is 11.2. The molecule has 0 bridgehead atoms. The Labute approximate surface area is 92.9 Å². The van der Waals surface area contributed by atoms with E-state index >= 15 is 0 Å². The largest absolute Gasteiger partial charge is 0.496 e. The van der Waals surface area contributed by atoms with Gasteiger partial charge in [0, 0.05) is 11.1 Å². The van der Waals surface area contributed by atoms with Crippen molar-refractivity contribution in [1.29, 1.82) is 0 Å². The van der Waals surface area contributed by atoms with Gasteiger partial charge in [-0.15, -0.1) is 0 Å². The molecule has 0 spiro atoms. The minimum atomic E-state index is -0.168. The molecule has 0 amide bonds. The fourth-order valence-electron chi connectivity index (χ4n) is 1.50. The summed E-state index contributed by atoms with van der Waals surface area (Å²) in [6.45, 7) is 1.75. The van der Waals surface area contributed by atoms with Gasteiger partial charge in [-0.2, -0.15) is 5.10 Å². The number of aromatic amines is 1. The lowest BCUT2D eigenvalue weighted by molar-refractivity contribution is 0.416. The van der Waals surface area contributed by atoms with Crippen molar-refractivity contribution in [3.05, 3.63) is 46.2 Å². The first-order chi connectivity index (χ1) is 7.72. The van der Waals surface area contributed by atoms with Gasteiger partial charge in [-0.3, -0.25) is 4.79 Å². The molecule has 4 heteroatoms. The predicted molar refractivity (Wildman–Crippen MR) is 61.6 cm³/mol. The van der Waals surface area contributed by atoms with Gasteiger partial charge in [0.05, 0.1) is 12.8 Å². The minimum Gasteiger partial charge on any atom is -0.496 e. The van der Waals surface area contributed by atoms with Crippen molar-refractivity contribution in [2.45, 2.75) is 6.92 Å². The van der Waals surface area contributed by atoms with Crippen molar-refractivity contribution in [3.8, 4) is 17.0 Å². The third-order valence-electron chi connectivity index (χ3n) is 2.37. The van der Waals surface area contributed by atoms with Crippen LogP contribution < -0.4 is 10.3 Å². The summed E-state index contributed by atoms with van der Waals surface area (Å²) >= 11 is 0. The third-order valence-corrected chi connectivity index (χ3v) is 2.37. The highest BCUT2D eigenvalue weighted by molar-refractivity contribution is 5.66. The molecule has 4 nitrogen and oxygen atoms in total. The Kier molecular flexibility index (Phi) is 2.72. The van der Waals surface area contributed by atoms with Crippen molar-refractivity contribution < 1.29 is 4.74 Å². The first-order valence-electron chi connectivity index (χ1n) is 4.92. The van der Waals surface area contributed by atoms with Crippen molar-refractivity contribution in [1.82, 2.24) is 10.2 Å². The quantitative estimate of drug-likeness (QED) is 0.832. The normalized spacial score (nSPS) is 10.1. The zero-order valence-corrected chi connectivity index (χ0v) is 9.15. The number of hydrogen-bond acceptors (Lipinski definition) is 3. The van der Waals surface area contributed by atoms with Crippen LogP contribution in [0.3, 0.4) is 0 Å². The average molecular weight is 216 g/mol. The lowest BCUT2D eigenvalue weighted by atomic mass is 10.1. The molecule has 0 saturated carbocycles. The van der Waals surface area contributed by atoms with Crippen LogP contribution in [-0.2, 0) is 0 Å². The first-order valence-corrected chi connectivity index (χ1v) is 4.92. The maximum Gasteiger partial charge on any atom is 0.267 e. The number of rotatable bonds is 2. The average Bonchev–Trinajstić information content (AvgIpc) is 2.32. The number of aryl methyl sites for hydroxylation is 1. The number of nitrogens with zero attached hydrogens (tertiary/aromatic N) is 1. The van der Waals surface area contributed by atoms with Gasteiger partial charge in [0.25, 0.3) is 5.56 Å². The molecule has 0 radical (unpaired) electrons. The number of methoxy groups -OCH3 is 1. The van der Waals surface area contributed by atoms with Crippen LogP contribution in [0.1, 0.15) is 5.56 Å². The van der Waals surface area contributed by atoms with Gasteiger partial charge in [0.15, 0.2) is 0 Å². The number of ether oxygens (including phenoxy) is 1. The van der Waals surface area contributed by atoms with E-state index in [-0.39, 0.29) is 5.56 Å². The Morgan fingerprint density at radius 2 is 2.06 bits per heavy atom. The molecule has 82 valence electrons. The van der Waals surface area contributed by atoms with E-state index in [2.05, 4.69) is 10.2 Å². The maximum atomic E-state index is 11.2. The summed E-state index contributed by atoms with van der Waals surface area (Å²) in [5, 5.41) is 6.46. The maximum absolute atomic E-state index is 11.2. The second-order valence-corrected chi connectivity index (χ2v) is 3.47. The molecule has 1 heterocycles. The lowest BCUT2D eigenvalue weighted by Crippen LogP contribution is -2.11. The van der Waals surface area contributed by atoms with Gasteiger partial charge in [-0.25, -0.2) is 5.10 Å². The summed E-state index contributed by atoms with van der Waals surface area (Å²) in [5.74, 6) is 0.737. The zero-order valence-electron chi connectivity index (χ0n) is 9.15. The molecule has 0 aliphatic carbocycles. The van der Waals surface area contributed by atoms with Gasteiger partial charge >= 0.3 is 0 Å². The molecule has 0 saturated heterocycles. The number of hydrogen-bond donors (Lipinski definition) is 1. The standard InChI is InChI=1S/C12H12N2O2/c1-8-7-10(13-14-12(8)15)9-5-3-4-6-11(9)16-2/h3-7H,1-2H3,(H,14,15). The Morgan fingerprint density at radius 3 is 2.75 bits per heavy atom. The van der Waals surface area contributed by atoms with Gasteiger partial charge in [-0.05, 0) is 25.1 Å². The molecule has 1 N–H and O–H groups in total. The number of nitrogens with one attached hydrogen (secondary N) is 1. The first kappa shape index (κ1) is 10.4. The highest BCUT2D eigenvalue weighted by Crippen LogP contribution is 2.27. The van der Waals surface area contributed by atoms with Crippen molar-refractivity contribution in [3.63, 3.8) is 0 Å². The zero-order chi connectivity index (χ0) is 11.5. The summed E-state index contributed by atoms with van der Waals surface area (Å²) in [5.41, 5.74) is 2.04. The molecule has 0 unspecified atom stereocenters. The smallest absolute Gasteiger partial charge is 0.267 e. The van der Waals surface area contributed by atoms with Crippen LogP contribution in [0.15, 0.2) is 35.1 Å². The van der Waals surface area contributed by atoms with E-state index in [1.807, 2.05) is 24.3 Å². The molecule has 2 rings (SSSR count). The monoisotopic (exact) mass is 216 g/mol.